The molecule has 1 amide bonds. The van der Waals surface area contributed by atoms with Crippen molar-refractivity contribution in [2.75, 3.05) is 18.1 Å². The number of aromatic nitrogens is 2. The molecule has 31 heavy (non-hydrogen) atoms. The Morgan fingerprint density at radius 1 is 1.03 bits per heavy atom. The highest BCUT2D eigenvalue weighted by Crippen LogP contribution is 2.21. The van der Waals surface area contributed by atoms with Crippen LogP contribution in [0.15, 0.2) is 36.5 Å². The second-order valence-electron chi connectivity index (χ2n) is 5.47. The zero-order valence-corrected chi connectivity index (χ0v) is 17.3. The van der Waals surface area contributed by atoms with Gasteiger partial charge in [-0.1, -0.05) is 21.6 Å². The fourth-order valence-electron chi connectivity index (χ4n) is 1.73. The lowest BCUT2D eigenvalue weighted by Gasteiger charge is -2.03. The molecular weight excluding hydrogens is 466 g/mol. The van der Waals surface area contributed by atoms with Crippen molar-refractivity contribution < 1.29 is 42.2 Å². The molecule has 0 spiro atoms. The van der Waals surface area contributed by atoms with Gasteiger partial charge in [-0.15, -0.1) is 0 Å². The summed E-state index contributed by atoms with van der Waals surface area (Å²) in [5.74, 6) is -2.97. The highest BCUT2D eigenvalue weighted by atomic mass is 33.1. The third-order valence-electron chi connectivity index (χ3n) is 3.11. The van der Waals surface area contributed by atoms with Crippen LogP contribution in [0, 0.1) is 5.82 Å². The molecule has 170 valence electrons. The molecule has 0 aliphatic carbocycles. The summed E-state index contributed by atoms with van der Waals surface area (Å²) < 4.78 is 46.1. The number of benzene rings is 1. The standard InChI is InChI=1S/C15H16FN3O3S2.C2HF3O2/c16-11-1-3-12(4-2-11)19-8-5-13(18-19)15(22)17-7-10-24-23-9-6-14(20)21;3-2(4,5)1(6)7/h1-5,8H,6-7,9-10H2,(H,17,22)(H,20,21);(H,6,7). The van der Waals surface area contributed by atoms with Crippen molar-refractivity contribution in [2.24, 2.45) is 0 Å². The van der Waals surface area contributed by atoms with Gasteiger partial charge in [-0.25, -0.2) is 13.9 Å². The quantitative estimate of drug-likeness (QED) is 0.282. The van der Waals surface area contributed by atoms with Crippen LogP contribution in [-0.4, -0.2) is 62.1 Å². The van der Waals surface area contributed by atoms with E-state index in [4.69, 9.17) is 15.0 Å². The summed E-state index contributed by atoms with van der Waals surface area (Å²) in [7, 11) is 2.98. The number of alkyl halides is 3. The molecule has 0 atom stereocenters. The third kappa shape index (κ3) is 10.7. The molecule has 0 saturated heterocycles. The molecule has 2 rings (SSSR count). The van der Waals surface area contributed by atoms with E-state index in [1.165, 1.54) is 38.4 Å². The van der Waals surface area contributed by atoms with Gasteiger partial charge in [0.1, 0.15) is 5.82 Å². The minimum Gasteiger partial charge on any atom is -0.481 e. The van der Waals surface area contributed by atoms with Crippen LogP contribution in [0.25, 0.3) is 5.69 Å². The number of carboxylic acid groups (broad SMARTS) is 2. The van der Waals surface area contributed by atoms with Crippen molar-refractivity contribution >= 4 is 39.4 Å². The van der Waals surface area contributed by atoms with E-state index in [2.05, 4.69) is 10.4 Å². The highest BCUT2D eigenvalue weighted by molar-refractivity contribution is 8.76. The summed E-state index contributed by atoms with van der Waals surface area (Å²) in [6, 6.07) is 7.41. The van der Waals surface area contributed by atoms with Crippen LogP contribution in [0.2, 0.25) is 0 Å². The number of halogens is 4. The first-order valence-electron chi connectivity index (χ1n) is 8.37. The smallest absolute Gasteiger partial charge is 0.481 e. The number of carboxylic acids is 2. The van der Waals surface area contributed by atoms with Gasteiger partial charge >= 0.3 is 18.1 Å². The van der Waals surface area contributed by atoms with E-state index >= 15 is 0 Å². The van der Waals surface area contributed by atoms with E-state index in [9.17, 15) is 27.2 Å². The molecule has 0 radical (unpaired) electrons. The summed E-state index contributed by atoms with van der Waals surface area (Å²) in [6.07, 6.45) is -3.32. The molecule has 14 heteroatoms. The minimum absolute atomic E-state index is 0.130. The molecule has 1 aromatic carbocycles. The zero-order chi connectivity index (χ0) is 23.4. The fraction of sp³-hybridized carbons (Fsp3) is 0.294. The van der Waals surface area contributed by atoms with Crippen molar-refractivity contribution in [1.82, 2.24) is 15.1 Å². The Bertz CT molecular complexity index is 875. The molecular formula is C17H17F4N3O5S2. The second-order valence-corrected chi connectivity index (χ2v) is 8.17. The van der Waals surface area contributed by atoms with Gasteiger partial charge in [0.25, 0.3) is 5.91 Å². The van der Waals surface area contributed by atoms with E-state index < -0.39 is 18.1 Å². The number of rotatable bonds is 9. The Hall–Kier alpha value is -2.74. The predicted octanol–water partition coefficient (Wildman–Crippen LogP) is 3.23. The average Bonchev–Trinajstić information content (AvgIpc) is 3.17. The van der Waals surface area contributed by atoms with Crippen molar-refractivity contribution in [3.63, 3.8) is 0 Å². The Morgan fingerprint density at radius 2 is 1.61 bits per heavy atom. The van der Waals surface area contributed by atoms with Crippen LogP contribution in [0.5, 0.6) is 0 Å². The molecule has 0 aliphatic rings. The highest BCUT2D eigenvalue weighted by Gasteiger charge is 2.38. The number of carbonyl (C=O) groups excluding carboxylic acids is 1. The monoisotopic (exact) mass is 483 g/mol. The molecule has 1 heterocycles. The number of carbonyl (C=O) groups is 3. The second kappa shape index (κ2) is 12.8. The molecule has 8 nitrogen and oxygen atoms in total. The molecule has 0 saturated carbocycles. The van der Waals surface area contributed by atoms with Crippen LogP contribution in [0.1, 0.15) is 16.9 Å². The van der Waals surface area contributed by atoms with Gasteiger partial charge in [0.05, 0.1) is 12.1 Å². The van der Waals surface area contributed by atoms with Crippen molar-refractivity contribution in [3.05, 3.63) is 48.0 Å². The van der Waals surface area contributed by atoms with Crippen LogP contribution in [0.4, 0.5) is 17.6 Å². The van der Waals surface area contributed by atoms with E-state index in [-0.39, 0.29) is 23.8 Å². The van der Waals surface area contributed by atoms with E-state index in [0.29, 0.717) is 23.7 Å². The normalized spacial score (nSPS) is 10.7. The number of nitrogens with zero attached hydrogens (tertiary/aromatic N) is 2. The molecule has 0 unspecified atom stereocenters. The van der Waals surface area contributed by atoms with Gasteiger partial charge in [-0.2, -0.15) is 18.3 Å². The minimum atomic E-state index is -5.08. The van der Waals surface area contributed by atoms with Crippen molar-refractivity contribution in [1.29, 1.82) is 0 Å². The Balaban J connectivity index is 0.000000592. The lowest BCUT2D eigenvalue weighted by molar-refractivity contribution is -0.192. The van der Waals surface area contributed by atoms with Gasteiger partial charge in [-0.05, 0) is 30.3 Å². The topological polar surface area (TPSA) is 122 Å². The van der Waals surface area contributed by atoms with Crippen LogP contribution >= 0.6 is 21.6 Å². The van der Waals surface area contributed by atoms with E-state index in [0.717, 1.165) is 0 Å². The first kappa shape index (κ1) is 26.3. The number of aliphatic carboxylic acids is 2. The summed E-state index contributed by atoms with van der Waals surface area (Å²) in [5.41, 5.74) is 0.948. The van der Waals surface area contributed by atoms with E-state index in [1.54, 1.807) is 24.4 Å². The summed E-state index contributed by atoms with van der Waals surface area (Å²) in [5, 5.41) is 22.5. The zero-order valence-electron chi connectivity index (χ0n) is 15.6. The lowest BCUT2D eigenvalue weighted by Crippen LogP contribution is -2.26. The molecule has 1 aromatic heterocycles. The maximum Gasteiger partial charge on any atom is 0.490 e. The number of hydrogen-bond acceptors (Lipinski definition) is 6. The Labute approximate surface area is 181 Å². The Morgan fingerprint density at radius 3 is 2.16 bits per heavy atom. The fourth-order valence-corrected chi connectivity index (χ4v) is 3.61. The largest absolute Gasteiger partial charge is 0.490 e. The van der Waals surface area contributed by atoms with Gasteiger partial charge in [-0.3, -0.25) is 9.59 Å². The summed E-state index contributed by atoms with van der Waals surface area (Å²) in [4.78, 5) is 31.2. The van der Waals surface area contributed by atoms with E-state index in [1.807, 2.05) is 0 Å². The van der Waals surface area contributed by atoms with Crippen molar-refractivity contribution in [3.8, 4) is 5.69 Å². The van der Waals surface area contributed by atoms with Crippen LogP contribution in [0.3, 0.4) is 0 Å². The predicted molar refractivity (Wildman–Crippen MR) is 107 cm³/mol. The number of nitrogens with one attached hydrogen (secondary N) is 1. The number of amides is 1. The van der Waals surface area contributed by atoms with Gasteiger partial charge in [0, 0.05) is 24.2 Å². The lowest BCUT2D eigenvalue weighted by atomic mass is 10.3. The summed E-state index contributed by atoms with van der Waals surface area (Å²) >= 11 is 0. The first-order chi connectivity index (χ1) is 14.5. The van der Waals surface area contributed by atoms with Gasteiger partial charge < -0.3 is 15.5 Å². The SMILES string of the molecule is O=C(O)C(F)(F)F.O=C(O)CCSSCCNC(=O)c1ccn(-c2ccc(F)cc2)n1. The maximum atomic E-state index is 12.9. The van der Waals surface area contributed by atoms with Crippen LogP contribution < -0.4 is 5.32 Å². The first-order valence-corrected chi connectivity index (χ1v) is 10.9. The maximum absolute atomic E-state index is 12.9. The molecule has 2 aromatic rings. The Kier molecular flexibility index (Phi) is 10.9. The molecule has 0 fully saturated rings. The van der Waals surface area contributed by atoms with Gasteiger partial charge in [0.2, 0.25) is 0 Å². The van der Waals surface area contributed by atoms with Crippen molar-refractivity contribution in [2.45, 2.75) is 12.6 Å². The third-order valence-corrected chi connectivity index (χ3v) is 5.52. The van der Waals surface area contributed by atoms with Gasteiger partial charge in [0.15, 0.2) is 5.69 Å². The van der Waals surface area contributed by atoms with Crippen LogP contribution in [-0.2, 0) is 9.59 Å². The molecule has 3 N–H and O–H groups in total. The summed E-state index contributed by atoms with van der Waals surface area (Å²) in [6.45, 7) is 0.465. The molecule has 0 bridgehead atoms. The number of hydrogen-bond donors (Lipinski definition) is 3. The average molecular weight is 483 g/mol. The molecule has 0 aliphatic heterocycles.